The van der Waals surface area contributed by atoms with Gasteiger partial charge < -0.3 is 4.84 Å². The number of benzene rings is 2. The fraction of sp³-hybridized carbons (Fsp3) is 0.182. The van der Waals surface area contributed by atoms with Crippen LogP contribution in [0.25, 0.3) is 11.3 Å². The van der Waals surface area contributed by atoms with Gasteiger partial charge in [0.1, 0.15) is 0 Å². The average molecular weight is 488 g/mol. The molecule has 0 atom stereocenters. The predicted molar refractivity (Wildman–Crippen MR) is 114 cm³/mol. The van der Waals surface area contributed by atoms with Crippen LogP contribution in [0.4, 0.5) is 18.9 Å². The summed E-state index contributed by atoms with van der Waals surface area (Å²) in [6.07, 6.45) is -4.12. The normalized spacial score (nSPS) is 15.8. The molecule has 0 saturated heterocycles. The van der Waals surface area contributed by atoms with E-state index in [0.717, 1.165) is 11.6 Å². The van der Waals surface area contributed by atoms with E-state index in [1.165, 1.54) is 22.5 Å². The van der Waals surface area contributed by atoms with E-state index in [9.17, 15) is 26.4 Å². The highest BCUT2D eigenvalue weighted by molar-refractivity contribution is 7.92. The van der Waals surface area contributed by atoms with Crippen LogP contribution in [0.2, 0.25) is 0 Å². The van der Waals surface area contributed by atoms with Crippen molar-refractivity contribution in [1.82, 2.24) is 10.2 Å². The van der Waals surface area contributed by atoms with E-state index in [0.29, 0.717) is 28.9 Å². The first-order valence-electron chi connectivity index (χ1n) is 10.1. The van der Waals surface area contributed by atoms with Crippen molar-refractivity contribution in [2.45, 2.75) is 23.9 Å². The Morgan fingerprint density at radius 1 is 0.941 bits per heavy atom. The van der Waals surface area contributed by atoms with Crippen LogP contribution < -0.4 is 4.31 Å². The van der Waals surface area contributed by atoms with Crippen molar-refractivity contribution in [3.05, 3.63) is 71.4 Å². The smallest absolute Gasteiger partial charge is 0.318 e. The zero-order valence-electron chi connectivity index (χ0n) is 17.3. The van der Waals surface area contributed by atoms with Crippen LogP contribution in [0.5, 0.6) is 0 Å². The van der Waals surface area contributed by atoms with Crippen LogP contribution in [-0.2, 0) is 32.3 Å². The molecule has 2 aromatic carbocycles. The van der Waals surface area contributed by atoms with Crippen molar-refractivity contribution in [2.75, 3.05) is 10.8 Å². The van der Waals surface area contributed by atoms with Crippen LogP contribution in [0.3, 0.4) is 0 Å². The van der Waals surface area contributed by atoms with Crippen molar-refractivity contribution in [3.63, 3.8) is 0 Å². The van der Waals surface area contributed by atoms with Gasteiger partial charge in [-0.05, 0) is 48.4 Å². The van der Waals surface area contributed by atoms with Gasteiger partial charge >= 0.3 is 12.1 Å². The summed E-state index contributed by atoms with van der Waals surface area (Å²) in [7, 11) is -3.86. The lowest BCUT2D eigenvalue weighted by Crippen LogP contribution is -2.29. The summed E-state index contributed by atoms with van der Waals surface area (Å²) < 4.78 is 66.0. The minimum atomic E-state index is -4.58. The molecule has 34 heavy (non-hydrogen) atoms. The Bertz CT molecular complexity index is 1420. The van der Waals surface area contributed by atoms with Crippen LogP contribution in [0.15, 0.2) is 64.6 Å². The van der Waals surface area contributed by atoms with Crippen LogP contribution in [-0.4, -0.2) is 36.8 Å². The molecule has 2 aliphatic heterocycles. The third-order valence-corrected chi connectivity index (χ3v) is 7.36. The number of nitrogens with zero attached hydrogens (tertiary/aromatic N) is 4. The SMILES string of the molecule is O=C1CC(c2ccc(S(=O)(=O)N3CCc4cc(-c5ccc(C(F)(F)F)nn5)ccc43)cc2)=NO1. The standard InChI is InChI=1S/C22H15F3N4O4S/c23-22(24,25)20-8-6-17(26-27-20)14-3-7-19-15(11-14)9-10-29(19)34(31,32)16-4-1-13(2-5-16)18-12-21(30)33-28-18/h1-8,11H,9-10,12H2. The van der Waals surface area contributed by atoms with E-state index in [-0.39, 0.29) is 23.6 Å². The first-order valence-corrected chi connectivity index (χ1v) is 11.5. The number of sulfonamides is 1. The van der Waals surface area contributed by atoms with E-state index >= 15 is 0 Å². The van der Waals surface area contributed by atoms with E-state index in [1.807, 2.05) is 0 Å². The van der Waals surface area contributed by atoms with Gasteiger partial charge in [-0.3, -0.25) is 4.31 Å². The second kappa shape index (κ2) is 7.90. The second-order valence-corrected chi connectivity index (χ2v) is 9.54. The number of hydrogen-bond acceptors (Lipinski definition) is 7. The predicted octanol–water partition coefficient (Wildman–Crippen LogP) is 3.56. The first kappa shape index (κ1) is 22.0. The molecule has 8 nitrogen and oxygen atoms in total. The number of rotatable bonds is 4. The molecule has 3 heterocycles. The molecule has 3 aromatic rings. The lowest BCUT2D eigenvalue weighted by Gasteiger charge is -2.20. The quantitative estimate of drug-likeness (QED) is 0.521. The minimum Gasteiger partial charge on any atom is -0.318 e. The highest BCUT2D eigenvalue weighted by atomic mass is 32.2. The third kappa shape index (κ3) is 3.89. The van der Waals surface area contributed by atoms with Gasteiger partial charge in [0.15, 0.2) is 5.69 Å². The van der Waals surface area contributed by atoms with Crippen LogP contribution in [0, 0.1) is 0 Å². The molecule has 12 heteroatoms. The molecule has 0 bridgehead atoms. The Labute approximate surface area is 191 Å². The van der Waals surface area contributed by atoms with E-state index < -0.39 is 27.9 Å². The number of halogens is 3. The van der Waals surface area contributed by atoms with Crippen molar-refractivity contribution < 1.29 is 31.2 Å². The zero-order chi connectivity index (χ0) is 24.1. The Morgan fingerprint density at radius 2 is 1.68 bits per heavy atom. The Kier molecular flexibility index (Phi) is 5.12. The molecule has 0 unspecified atom stereocenters. The van der Waals surface area contributed by atoms with Gasteiger partial charge in [-0.25, -0.2) is 13.2 Å². The molecular weight excluding hydrogens is 473 g/mol. The molecule has 0 amide bonds. The van der Waals surface area contributed by atoms with Crippen molar-refractivity contribution in [3.8, 4) is 11.3 Å². The molecule has 2 aliphatic rings. The maximum absolute atomic E-state index is 13.3. The molecule has 5 rings (SSSR count). The lowest BCUT2D eigenvalue weighted by molar-refractivity contribution is -0.142. The number of hydrogen-bond donors (Lipinski definition) is 0. The fourth-order valence-electron chi connectivity index (χ4n) is 3.83. The highest BCUT2D eigenvalue weighted by Gasteiger charge is 2.34. The maximum Gasteiger partial charge on any atom is 0.435 e. The number of oxime groups is 1. The number of alkyl halides is 3. The number of anilines is 1. The Morgan fingerprint density at radius 3 is 2.29 bits per heavy atom. The molecule has 0 spiro atoms. The number of fused-ring (bicyclic) bond motifs is 1. The van der Waals surface area contributed by atoms with Gasteiger partial charge in [-0.2, -0.15) is 13.2 Å². The second-order valence-electron chi connectivity index (χ2n) is 7.67. The van der Waals surface area contributed by atoms with Crippen LogP contribution in [0.1, 0.15) is 23.2 Å². The zero-order valence-corrected chi connectivity index (χ0v) is 18.1. The Hall–Kier alpha value is -3.80. The maximum atomic E-state index is 13.3. The number of aromatic nitrogens is 2. The van der Waals surface area contributed by atoms with E-state index in [2.05, 4.69) is 20.2 Å². The molecule has 0 aliphatic carbocycles. The topological polar surface area (TPSA) is 102 Å². The molecular formula is C22H15F3N4O4S. The van der Waals surface area contributed by atoms with Gasteiger partial charge in [-0.1, -0.05) is 23.4 Å². The van der Waals surface area contributed by atoms with Gasteiger partial charge in [0.25, 0.3) is 10.0 Å². The van der Waals surface area contributed by atoms with E-state index in [4.69, 9.17) is 0 Å². The van der Waals surface area contributed by atoms with Gasteiger partial charge in [0, 0.05) is 17.7 Å². The van der Waals surface area contributed by atoms with Crippen molar-refractivity contribution >= 4 is 27.4 Å². The fourth-order valence-corrected chi connectivity index (χ4v) is 5.33. The summed E-state index contributed by atoms with van der Waals surface area (Å²) in [6, 6.07) is 13.0. The Balaban J connectivity index is 1.39. The summed E-state index contributed by atoms with van der Waals surface area (Å²) in [5.74, 6) is -0.470. The van der Waals surface area contributed by atoms with Crippen molar-refractivity contribution in [2.24, 2.45) is 5.16 Å². The summed E-state index contributed by atoms with van der Waals surface area (Å²) >= 11 is 0. The molecule has 0 fully saturated rings. The first-order chi connectivity index (χ1) is 16.1. The van der Waals surface area contributed by atoms with Gasteiger partial charge in [0.2, 0.25) is 0 Å². The summed E-state index contributed by atoms with van der Waals surface area (Å²) in [6.45, 7) is 0.219. The molecule has 0 radical (unpaired) electrons. The summed E-state index contributed by atoms with van der Waals surface area (Å²) in [4.78, 5) is 15.9. The van der Waals surface area contributed by atoms with Gasteiger partial charge in [-0.15, -0.1) is 10.2 Å². The summed E-state index contributed by atoms with van der Waals surface area (Å²) in [5, 5.41) is 10.6. The van der Waals surface area contributed by atoms with Crippen molar-refractivity contribution in [1.29, 1.82) is 0 Å². The largest absolute Gasteiger partial charge is 0.435 e. The molecule has 1 aromatic heterocycles. The third-order valence-electron chi connectivity index (χ3n) is 5.53. The lowest BCUT2D eigenvalue weighted by atomic mass is 10.1. The average Bonchev–Trinajstić information content (AvgIpc) is 3.45. The van der Waals surface area contributed by atoms with Gasteiger partial charge in [0.05, 0.1) is 28.4 Å². The van der Waals surface area contributed by atoms with Crippen LogP contribution >= 0.6 is 0 Å². The molecule has 174 valence electrons. The minimum absolute atomic E-state index is 0.0250. The highest BCUT2D eigenvalue weighted by Crippen LogP contribution is 2.36. The monoisotopic (exact) mass is 488 g/mol. The molecule has 0 N–H and O–H groups in total. The number of carbonyl (C=O) groups excluding carboxylic acids is 1. The molecule has 0 saturated carbocycles. The summed E-state index contributed by atoms with van der Waals surface area (Å²) in [5.41, 5.74) is 1.96. The van der Waals surface area contributed by atoms with E-state index in [1.54, 1.807) is 30.3 Å². The number of carbonyl (C=O) groups is 1.